The van der Waals surface area contributed by atoms with Gasteiger partial charge in [0.05, 0.1) is 39.9 Å². The number of alkyl halides is 1. The number of nitrogens with one attached hydrogen (secondary N) is 1. The van der Waals surface area contributed by atoms with E-state index in [-0.39, 0.29) is 121 Å². The van der Waals surface area contributed by atoms with E-state index in [2.05, 4.69) is 72.8 Å². The standard InChI is InChI=1S/C21H16Cl2N6O10S3.CH3BI2.2Na/c22-19-25-20(23)27-21(26-19)24-13-2-1-11-9-16(40-38-36-31)17(18(30)15(11)10-13)29-28-12-3-5-14(6-4-12)42(33,34)8-7-35-41-39-37-32;1-4(2)3;;/h1-6,9-10,30-32H,7-8H2,(H,24,25,26,27);1H3;;/q;;2*+1/p-2. The van der Waals surface area contributed by atoms with Crippen molar-refractivity contribution in [3.63, 3.8) is 0 Å². The van der Waals surface area contributed by atoms with Gasteiger partial charge in [-0.15, -0.1) is 9.45 Å². The van der Waals surface area contributed by atoms with Gasteiger partial charge >= 0.3 is 104 Å². The number of hydrogen-bond acceptors (Lipinski definition) is 18. The molecule has 4 rings (SSSR count). The van der Waals surface area contributed by atoms with Crippen LogP contribution in [0.3, 0.4) is 0 Å². The summed E-state index contributed by atoms with van der Waals surface area (Å²) in [5.41, 5.74) is 5.86. The van der Waals surface area contributed by atoms with Crippen LogP contribution in [0.15, 0.2) is 68.6 Å². The van der Waals surface area contributed by atoms with Crippen LogP contribution in [0.25, 0.3) is 10.8 Å². The van der Waals surface area contributed by atoms with Crippen LogP contribution in [-0.2, 0) is 32.8 Å². The molecule has 0 saturated heterocycles. The van der Waals surface area contributed by atoms with E-state index in [1.165, 1.54) is 24.3 Å². The Morgan fingerprint density at radius 2 is 1.65 bits per heavy atom. The predicted octanol–water partition coefficient (Wildman–Crippen LogP) is -0.432. The van der Waals surface area contributed by atoms with Crippen molar-refractivity contribution in [2.45, 2.75) is 9.79 Å². The number of aromatic nitrogens is 3. The number of fused-ring (bicyclic) bond motifs is 1. The molecule has 3 aromatic carbocycles. The number of nitrogens with zero attached hydrogens (tertiary/aromatic N) is 5. The van der Waals surface area contributed by atoms with E-state index in [1.807, 2.05) is 0 Å². The molecule has 0 saturated carbocycles. The molecule has 0 atom stereocenters. The fourth-order valence-corrected chi connectivity index (χ4v) is 5.56. The van der Waals surface area contributed by atoms with E-state index in [0.29, 0.717) is 28.5 Å². The number of rotatable bonds is 14. The van der Waals surface area contributed by atoms with Gasteiger partial charge in [0.2, 0.25) is 16.5 Å². The van der Waals surface area contributed by atoms with Gasteiger partial charge in [0, 0.05) is 11.1 Å². The fraction of sp³-hybridized carbons (Fsp3) is 0.136. The molecule has 0 aliphatic rings. The van der Waals surface area contributed by atoms with Crippen molar-refractivity contribution in [2.24, 2.45) is 10.2 Å². The number of halogens is 4. The van der Waals surface area contributed by atoms with Gasteiger partial charge in [-0.3, -0.25) is 14.3 Å². The van der Waals surface area contributed by atoms with Gasteiger partial charge in [-0.2, -0.15) is 24.4 Å². The molecule has 0 unspecified atom stereocenters. The van der Waals surface area contributed by atoms with Crippen molar-refractivity contribution < 1.29 is 106 Å². The zero-order chi connectivity index (χ0) is 33.7. The number of anilines is 2. The molecular weight excluding hydrogens is 986 g/mol. The molecule has 0 bridgehead atoms. The molecule has 0 spiro atoms. The number of phenols is 1. The van der Waals surface area contributed by atoms with Gasteiger partial charge in [-0.1, -0.05) is 6.07 Å². The Morgan fingerprint density at radius 3 is 2.25 bits per heavy atom. The molecule has 26 heteroatoms. The summed E-state index contributed by atoms with van der Waals surface area (Å²) >= 11 is 13.8. The third-order valence-corrected chi connectivity index (χ3v) is 8.06. The SMILES string of the molecule is O=S(=O)(CCOSOO[O-])c1ccc(N=Nc2c(SOO[O-])cc3ccc(Nc4nc(Cl)nc(Cl)n4)cc3c2O)cc1.[B]I(C)I.[Na+].[Na+]. The molecule has 1 aromatic heterocycles. The summed E-state index contributed by atoms with van der Waals surface area (Å²) in [6.07, 6.45) is 0. The third kappa shape index (κ3) is 15.7. The number of phenolic OH excluding ortho intramolecular Hbond substituents is 1. The van der Waals surface area contributed by atoms with Crippen LogP contribution >= 0.6 is 81.8 Å². The van der Waals surface area contributed by atoms with Crippen molar-refractivity contribution in [3.05, 3.63) is 59.1 Å². The number of aromatic hydroxyl groups is 1. The van der Waals surface area contributed by atoms with Crippen LogP contribution in [0.2, 0.25) is 10.6 Å². The number of hydrogen-bond donors (Lipinski definition) is 2. The van der Waals surface area contributed by atoms with Gasteiger partial charge in [-0.25, -0.2) is 8.42 Å². The summed E-state index contributed by atoms with van der Waals surface area (Å²) in [5.74, 6) is -0.667. The second kappa shape index (κ2) is 24.0. The van der Waals surface area contributed by atoms with E-state index in [0.717, 1.165) is 0 Å². The normalized spacial score (nSPS) is 11.3. The van der Waals surface area contributed by atoms with E-state index >= 15 is 0 Å². The number of sulfone groups is 1. The molecular formula is C22H17BCl2I2N6Na2O10S3. The Labute approximate surface area is 354 Å². The van der Waals surface area contributed by atoms with Crippen molar-refractivity contribution in [2.75, 3.05) is 22.6 Å². The molecule has 0 aliphatic heterocycles. The monoisotopic (exact) mass is 1000 g/mol. The van der Waals surface area contributed by atoms with Crippen molar-refractivity contribution in [1.82, 2.24) is 15.0 Å². The van der Waals surface area contributed by atoms with Crippen LogP contribution in [0, 0.1) is 0 Å². The maximum Gasteiger partial charge on any atom is 1.00 e. The summed E-state index contributed by atoms with van der Waals surface area (Å²) in [5, 5.41) is 49.4. The van der Waals surface area contributed by atoms with E-state index in [1.54, 1.807) is 24.3 Å². The van der Waals surface area contributed by atoms with Crippen LogP contribution in [0.5, 0.6) is 5.75 Å². The topological polar surface area (TPSA) is 222 Å². The molecule has 2 N–H and O–H groups in total. The largest absolute Gasteiger partial charge is 1.00 e. The summed E-state index contributed by atoms with van der Waals surface area (Å²) in [4.78, 5) is 13.8. The number of benzene rings is 3. The summed E-state index contributed by atoms with van der Waals surface area (Å²) in [6, 6.07) is 11.8. The second-order valence-electron chi connectivity index (χ2n) is 8.03. The summed E-state index contributed by atoms with van der Waals surface area (Å²) in [6.45, 7) is -0.275. The first-order valence-corrected chi connectivity index (χ1v) is 25.2. The van der Waals surface area contributed by atoms with Gasteiger partial charge < -0.3 is 20.9 Å². The van der Waals surface area contributed by atoms with E-state index in [9.17, 15) is 24.0 Å². The molecule has 2 radical (unpaired) electrons. The molecule has 1 heterocycles. The fourth-order valence-electron chi connectivity index (χ4n) is 3.29. The first-order chi connectivity index (χ1) is 21.9. The maximum absolute atomic E-state index is 12.5. The molecule has 0 fully saturated rings. The minimum Gasteiger partial charge on any atom is 1.00 e. The minimum atomic E-state index is -3.73. The molecule has 246 valence electrons. The molecule has 48 heavy (non-hydrogen) atoms. The Hall–Kier alpha value is 0.605. The van der Waals surface area contributed by atoms with Crippen molar-refractivity contribution in [3.8, 4) is 5.75 Å². The van der Waals surface area contributed by atoms with Gasteiger partial charge in [-0.05, 0) is 71.1 Å². The zero-order valence-corrected chi connectivity index (χ0v) is 37.0. The summed E-state index contributed by atoms with van der Waals surface area (Å²) in [7, 11) is -3.73. The Kier molecular flexibility index (Phi) is 23.3. The second-order valence-corrected chi connectivity index (χ2v) is 23.2. The van der Waals surface area contributed by atoms with Crippen molar-refractivity contribution >= 4 is 131 Å². The van der Waals surface area contributed by atoms with Crippen LogP contribution < -0.4 is 74.9 Å². The minimum absolute atomic E-state index is 0. The Morgan fingerprint density at radius 1 is 1.02 bits per heavy atom. The van der Waals surface area contributed by atoms with Crippen LogP contribution in [-0.4, -0.2) is 51.5 Å². The van der Waals surface area contributed by atoms with E-state index < -0.39 is 31.2 Å². The van der Waals surface area contributed by atoms with Gasteiger partial charge in [0.15, 0.2) is 27.9 Å². The zero-order valence-electron chi connectivity index (χ0n) is 24.7. The predicted molar refractivity (Wildman–Crippen MR) is 185 cm³/mol. The van der Waals surface area contributed by atoms with E-state index in [4.69, 9.17) is 33.1 Å². The van der Waals surface area contributed by atoms with Gasteiger partial charge in [0.1, 0.15) is 5.69 Å². The molecule has 4 aromatic rings. The first-order valence-electron chi connectivity index (χ1n) is 11.7. The smallest absolute Gasteiger partial charge is 1.00 e. The van der Waals surface area contributed by atoms with Crippen LogP contribution in [0.4, 0.5) is 23.0 Å². The number of azo groups is 1. The Bertz CT molecular complexity index is 1740. The van der Waals surface area contributed by atoms with Crippen molar-refractivity contribution in [1.29, 1.82) is 0 Å². The summed E-state index contributed by atoms with van der Waals surface area (Å²) < 4.78 is 38.0. The Balaban J connectivity index is 0.00000182. The average molecular weight is 1000 g/mol. The maximum atomic E-state index is 12.5. The van der Waals surface area contributed by atoms with Crippen LogP contribution in [0.1, 0.15) is 0 Å². The molecule has 16 nitrogen and oxygen atoms in total. The quantitative estimate of drug-likeness (QED) is 0.0239. The van der Waals surface area contributed by atoms with Gasteiger partial charge in [0.25, 0.3) is 0 Å². The third-order valence-electron chi connectivity index (χ3n) is 5.04. The average Bonchev–Trinajstić information content (AvgIpc) is 2.99. The molecule has 0 aliphatic carbocycles. The molecule has 0 amide bonds. The first kappa shape index (κ1) is 46.6.